The van der Waals surface area contributed by atoms with Gasteiger partial charge >= 0.3 is 6.03 Å². The lowest BCUT2D eigenvalue weighted by Gasteiger charge is -2.36. The average Bonchev–Trinajstić information content (AvgIpc) is 2.43. The molecule has 0 spiro atoms. The van der Waals surface area contributed by atoms with Gasteiger partial charge in [-0.15, -0.1) is 0 Å². The third-order valence-electron chi connectivity index (χ3n) is 3.11. The number of urea groups is 1. The number of aliphatic hydroxyl groups is 3. The molecule has 1 aromatic rings. The molecule has 2 rings (SSSR count). The van der Waals surface area contributed by atoms with Crippen molar-refractivity contribution in [1.29, 1.82) is 0 Å². The summed E-state index contributed by atoms with van der Waals surface area (Å²) < 4.78 is 5.02. The van der Waals surface area contributed by atoms with Crippen LogP contribution in [-0.4, -0.2) is 52.5 Å². The Morgan fingerprint density at radius 1 is 1.30 bits per heavy atom. The number of hydrogen-bond donors (Lipinski definition) is 5. The van der Waals surface area contributed by atoms with Gasteiger partial charge in [0.1, 0.15) is 6.10 Å². The molecule has 1 aliphatic rings. The van der Waals surface area contributed by atoms with Crippen LogP contribution in [-0.2, 0) is 4.74 Å². The van der Waals surface area contributed by atoms with E-state index in [4.69, 9.17) is 9.84 Å². The summed E-state index contributed by atoms with van der Waals surface area (Å²) in [5, 5.41) is 33.5. The smallest absolute Gasteiger partial charge is 0.319 e. The average molecular weight is 282 g/mol. The molecule has 2 amide bonds. The van der Waals surface area contributed by atoms with Crippen molar-refractivity contribution in [3.05, 3.63) is 30.3 Å². The lowest BCUT2D eigenvalue weighted by Crippen LogP contribution is -2.56. The number of carbonyl (C=O) groups is 1. The summed E-state index contributed by atoms with van der Waals surface area (Å²) in [6, 6.07) is 7.60. The number of benzene rings is 1. The lowest BCUT2D eigenvalue weighted by atomic mass is 10.0. The Balaban J connectivity index is 1.88. The van der Waals surface area contributed by atoms with Crippen LogP contribution in [0, 0.1) is 0 Å². The number of rotatable bonds is 3. The van der Waals surface area contributed by atoms with E-state index in [1.807, 2.05) is 6.07 Å². The van der Waals surface area contributed by atoms with Gasteiger partial charge in [0.15, 0.2) is 6.29 Å². The molecule has 7 nitrogen and oxygen atoms in total. The van der Waals surface area contributed by atoms with Crippen molar-refractivity contribution >= 4 is 11.7 Å². The number of aliphatic hydroxyl groups excluding tert-OH is 3. The second kappa shape index (κ2) is 6.67. The molecule has 0 aromatic heterocycles. The monoisotopic (exact) mass is 282 g/mol. The molecule has 1 saturated heterocycles. The Bertz CT molecular complexity index is 442. The van der Waals surface area contributed by atoms with Crippen molar-refractivity contribution < 1.29 is 24.9 Å². The predicted octanol–water partition coefficient (Wildman–Crippen LogP) is -0.363. The van der Waals surface area contributed by atoms with Crippen LogP contribution in [0.1, 0.15) is 6.42 Å². The minimum Gasteiger partial charge on any atom is -0.394 e. The van der Waals surface area contributed by atoms with Crippen LogP contribution in [0.4, 0.5) is 10.5 Å². The van der Waals surface area contributed by atoms with Crippen molar-refractivity contribution in [2.24, 2.45) is 0 Å². The molecule has 1 aromatic carbocycles. The third kappa shape index (κ3) is 3.67. The molecule has 110 valence electrons. The van der Waals surface area contributed by atoms with Gasteiger partial charge in [-0.3, -0.25) is 0 Å². The molecule has 4 unspecified atom stereocenters. The fourth-order valence-electron chi connectivity index (χ4n) is 2.04. The Morgan fingerprint density at radius 2 is 2.00 bits per heavy atom. The van der Waals surface area contributed by atoms with Gasteiger partial charge < -0.3 is 30.7 Å². The van der Waals surface area contributed by atoms with E-state index in [9.17, 15) is 15.0 Å². The van der Waals surface area contributed by atoms with E-state index >= 15 is 0 Å². The number of ether oxygens (including phenoxy) is 1. The maximum absolute atomic E-state index is 11.8. The van der Waals surface area contributed by atoms with E-state index in [0.29, 0.717) is 5.69 Å². The standard InChI is InChI=1S/C13H18N2O5/c16-7-11-10(17)6-9(12(18)20-11)15-13(19)14-8-4-2-1-3-5-8/h1-5,9-12,16-18H,6-7H2,(H2,14,15,19). The second-order valence-corrected chi connectivity index (χ2v) is 4.62. The van der Waals surface area contributed by atoms with Crippen LogP contribution >= 0.6 is 0 Å². The highest BCUT2D eigenvalue weighted by molar-refractivity contribution is 5.89. The molecular weight excluding hydrogens is 264 g/mol. The summed E-state index contributed by atoms with van der Waals surface area (Å²) in [4.78, 5) is 11.8. The first-order valence-electron chi connectivity index (χ1n) is 6.35. The topological polar surface area (TPSA) is 111 Å². The maximum Gasteiger partial charge on any atom is 0.319 e. The molecule has 0 saturated carbocycles. The zero-order valence-electron chi connectivity index (χ0n) is 10.8. The minimum absolute atomic E-state index is 0.106. The zero-order valence-corrected chi connectivity index (χ0v) is 10.8. The molecule has 0 aliphatic carbocycles. The molecule has 1 heterocycles. The van der Waals surface area contributed by atoms with E-state index in [-0.39, 0.29) is 13.0 Å². The Hall–Kier alpha value is -1.67. The number of para-hydroxylation sites is 1. The van der Waals surface area contributed by atoms with Crippen molar-refractivity contribution in [3.63, 3.8) is 0 Å². The van der Waals surface area contributed by atoms with E-state index in [1.54, 1.807) is 24.3 Å². The number of amides is 2. The van der Waals surface area contributed by atoms with Crippen LogP contribution in [0.25, 0.3) is 0 Å². The molecule has 5 N–H and O–H groups in total. The Labute approximate surface area is 116 Å². The van der Waals surface area contributed by atoms with Gasteiger partial charge in [0, 0.05) is 12.1 Å². The maximum atomic E-state index is 11.8. The van der Waals surface area contributed by atoms with Crippen LogP contribution in [0.2, 0.25) is 0 Å². The van der Waals surface area contributed by atoms with Gasteiger partial charge in [-0.05, 0) is 12.1 Å². The van der Waals surface area contributed by atoms with Crippen molar-refractivity contribution in [1.82, 2.24) is 5.32 Å². The number of hydrogen-bond acceptors (Lipinski definition) is 5. The largest absolute Gasteiger partial charge is 0.394 e. The van der Waals surface area contributed by atoms with Gasteiger partial charge in [-0.25, -0.2) is 4.79 Å². The molecule has 1 fully saturated rings. The van der Waals surface area contributed by atoms with Crippen LogP contribution < -0.4 is 10.6 Å². The fourth-order valence-corrected chi connectivity index (χ4v) is 2.04. The van der Waals surface area contributed by atoms with Gasteiger partial charge in [0.2, 0.25) is 0 Å². The van der Waals surface area contributed by atoms with Crippen molar-refractivity contribution in [3.8, 4) is 0 Å². The molecule has 20 heavy (non-hydrogen) atoms. The Morgan fingerprint density at radius 3 is 2.65 bits per heavy atom. The number of carbonyl (C=O) groups excluding carboxylic acids is 1. The summed E-state index contributed by atoms with van der Waals surface area (Å²) >= 11 is 0. The molecule has 0 bridgehead atoms. The second-order valence-electron chi connectivity index (χ2n) is 4.62. The highest BCUT2D eigenvalue weighted by Gasteiger charge is 2.36. The van der Waals surface area contributed by atoms with Crippen molar-refractivity contribution in [2.45, 2.75) is 31.0 Å². The Kier molecular flexibility index (Phi) is 4.91. The van der Waals surface area contributed by atoms with E-state index in [0.717, 1.165) is 0 Å². The molecule has 1 aliphatic heterocycles. The zero-order chi connectivity index (χ0) is 14.5. The third-order valence-corrected chi connectivity index (χ3v) is 3.11. The first kappa shape index (κ1) is 14.7. The minimum atomic E-state index is -1.27. The number of nitrogens with one attached hydrogen (secondary N) is 2. The predicted molar refractivity (Wildman–Crippen MR) is 71.0 cm³/mol. The summed E-state index contributed by atoms with van der Waals surface area (Å²) in [6.07, 6.45) is -2.93. The fraction of sp³-hybridized carbons (Fsp3) is 0.462. The molecular formula is C13H18N2O5. The molecule has 7 heteroatoms. The first-order valence-corrected chi connectivity index (χ1v) is 6.35. The van der Waals surface area contributed by atoms with E-state index < -0.39 is 30.6 Å². The first-order chi connectivity index (χ1) is 9.60. The summed E-state index contributed by atoms with van der Waals surface area (Å²) in [5.41, 5.74) is 0.616. The number of anilines is 1. The highest BCUT2D eigenvalue weighted by atomic mass is 16.6. The summed E-state index contributed by atoms with van der Waals surface area (Å²) in [7, 11) is 0. The van der Waals surface area contributed by atoms with Gasteiger partial charge in [-0.2, -0.15) is 0 Å². The highest BCUT2D eigenvalue weighted by Crippen LogP contribution is 2.19. The molecule has 0 radical (unpaired) electrons. The lowest BCUT2D eigenvalue weighted by molar-refractivity contribution is -0.219. The quantitative estimate of drug-likeness (QED) is 0.520. The van der Waals surface area contributed by atoms with Gasteiger partial charge in [-0.1, -0.05) is 18.2 Å². The van der Waals surface area contributed by atoms with Gasteiger partial charge in [0.05, 0.1) is 18.8 Å². The normalized spacial score (nSPS) is 29.8. The van der Waals surface area contributed by atoms with Crippen molar-refractivity contribution in [2.75, 3.05) is 11.9 Å². The summed E-state index contributed by atoms with van der Waals surface area (Å²) in [5.74, 6) is 0. The summed E-state index contributed by atoms with van der Waals surface area (Å²) in [6.45, 7) is -0.388. The van der Waals surface area contributed by atoms with Crippen LogP contribution in [0.15, 0.2) is 30.3 Å². The van der Waals surface area contributed by atoms with E-state index in [1.165, 1.54) is 0 Å². The van der Waals surface area contributed by atoms with E-state index in [2.05, 4.69) is 10.6 Å². The molecule has 4 atom stereocenters. The van der Waals surface area contributed by atoms with Gasteiger partial charge in [0.25, 0.3) is 0 Å². The van der Waals surface area contributed by atoms with Crippen LogP contribution in [0.3, 0.4) is 0 Å². The van der Waals surface area contributed by atoms with Crippen LogP contribution in [0.5, 0.6) is 0 Å². The SMILES string of the molecule is O=C(Nc1ccccc1)NC1CC(O)C(CO)OC1O.